The normalized spacial score (nSPS) is 19.7. The number of nitrogens with one attached hydrogen (secondary N) is 3. The van der Waals surface area contributed by atoms with E-state index < -0.39 is 18.0 Å². The molecular weight excluding hydrogens is 276 g/mol. The Morgan fingerprint density at radius 3 is 3.00 bits per heavy atom. The zero-order valence-corrected chi connectivity index (χ0v) is 11.7. The molecule has 1 aromatic heterocycles. The summed E-state index contributed by atoms with van der Waals surface area (Å²) in [5, 5.41) is 14.2. The molecule has 21 heavy (non-hydrogen) atoms. The molecule has 4 N–H and O–H groups in total. The van der Waals surface area contributed by atoms with Crippen molar-refractivity contribution < 1.29 is 19.4 Å². The van der Waals surface area contributed by atoms with Crippen LogP contribution in [0.15, 0.2) is 12.5 Å². The van der Waals surface area contributed by atoms with Gasteiger partial charge in [-0.3, -0.25) is 0 Å². The maximum Gasteiger partial charge on any atom is 0.326 e. The highest BCUT2D eigenvalue weighted by atomic mass is 16.5. The third-order valence-electron chi connectivity index (χ3n) is 3.35. The minimum absolute atomic E-state index is 0.0142. The molecule has 0 spiro atoms. The number of nitrogens with zero attached hydrogens (tertiary/aromatic N) is 1. The van der Waals surface area contributed by atoms with Crippen molar-refractivity contribution in [2.24, 2.45) is 0 Å². The lowest BCUT2D eigenvalue weighted by Crippen LogP contribution is -2.49. The van der Waals surface area contributed by atoms with Gasteiger partial charge >= 0.3 is 12.0 Å². The van der Waals surface area contributed by atoms with Gasteiger partial charge in [0.2, 0.25) is 0 Å². The predicted octanol–water partition coefficient (Wildman–Crippen LogP) is 0.274. The number of aromatic nitrogens is 2. The van der Waals surface area contributed by atoms with Crippen molar-refractivity contribution in [2.45, 2.75) is 37.8 Å². The van der Waals surface area contributed by atoms with Crippen molar-refractivity contribution in [3.63, 3.8) is 0 Å². The summed E-state index contributed by atoms with van der Waals surface area (Å²) in [6, 6.07) is -1.51. The van der Waals surface area contributed by atoms with E-state index in [1.54, 1.807) is 0 Å². The molecule has 0 aliphatic carbocycles. The monoisotopic (exact) mass is 296 g/mol. The van der Waals surface area contributed by atoms with Crippen molar-refractivity contribution in [3.05, 3.63) is 18.2 Å². The van der Waals surface area contributed by atoms with Crippen molar-refractivity contribution in [2.75, 3.05) is 13.2 Å². The summed E-state index contributed by atoms with van der Waals surface area (Å²) in [4.78, 5) is 29.6. The fourth-order valence-electron chi connectivity index (χ4n) is 2.20. The lowest BCUT2D eigenvalue weighted by Gasteiger charge is -2.23. The molecule has 2 unspecified atom stereocenters. The minimum atomic E-state index is -1.09. The number of H-pyrrole nitrogens is 1. The molecule has 8 nitrogen and oxygen atoms in total. The van der Waals surface area contributed by atoms with Gasteiger partial charge in [0.05, 0.1) is 12.4 Å². The van der Waals surface area contributed by atoms with Gasteiger partial charge in [0.15, 0.2) is 0 Å². The zero-order chi connectivity index (χ0) is 15.1. The summed E-state index contributed by atoms with van der Waals surface area (Å²) in [7, 11) is 0. The Hall–Kier alpha value is -2.09. The average Bonchev–Trinajstić information content (AvgIpc) is 2.98. The van der Waals surface area contributed by atoms with Crippen LogP contribution in [-0.2, 0) is 16.0 Å². The number of ether oxygens (including phenoxy) is 1. The highest BCUT2D eigenvalue weighted by Gasteiger charge is 2.22. The molecule has 1 aliphatic rings. The van der Waals surface area contributed by atoms with E-state index >= 15 is 0 Å². The maximum atomic E-state index is 11.8. The molecule has 1 aromatic rings. The summed E-state index contributed by atoms with van der Waals surface area (Å²) >= 11 is 0. The number of urea groups is 1. The molecule has 2 atom stereocenters. The maximum absolute atomic E-state index is 11.8. The van der Waals surface area contributed by atoms with Crippen LogP contribution in [0, 0.1) is 0 Å². The Morgan fingerprint density at radius 1 is 1.52 bits per heavy atom. The van der Waals surface area contributed by atoms with Gasteiger partial charge in [0, 0.05) is 31.5 Å². The second kappa shape index (κ2) is 7.63. The van der Waals surface area contributed by atoms with Crippen molar-refractivity contribution in [1.29, 1.82) is 0 Å². The first kappa shape index (κ1) is 15.3. The molecule has 2 rings (SSSR count). The Bertz CT molecular complexity index is 457. The van der Waals surface area contributed by atoms with E-state index in [9.17, 15) is 9.59 Å². The molecule has 2 amide bonds. The number of imidazole rings is 1. The molecule has 1 fully saturated rings. The van der Waals surface area contributed by atoms with Crippen LogP contribution in [0.1, 0.15) is 25.0 Å². The number of carboxylic acid groups (broad SMARTS) is 1. The average molecular weight is 296 g/mol. The Morgan fingerprint density at radius 2 is 2.38 bits per heavy atom. The second-order valence-electron chi connectivity index (χ2n) is 5.01. The first-order valence-corrected chi connectivity index (χ1v) is 7.01. The zero-order valence-electron chi connectivity index (χ0n) is 11.7. The fourth-order valence-corrected chi connectivity index (χ4v) is 2.20. The predicted molar refractivity (Wildman–Crippen MR) is 73.8 cm³/mol. The van der Waals surface area contributed by atoms with Crippen LogP contribution >= 0.6 is 0 Å². The van der Waals surface area contributed by atoms with Gasteiger partial charge in [0.1, 0.15) is 6.04 Å². The van der Waals surface area contributed by atoms with Crippen LogP contribution in [0.5, 0.6) is 0 Å². The number of aromatic amines is 1. The molecule has 0 aromatic carbocycles. The Labute approximate surface area is 122 Å². The quantitative estimate of drug-likeness (QED) is 0.601. The minimum Gasteiger partial charge on any atom is -0.480 e. The van der Waals surface area contributed by atoms with E-state index in [0.717, 1.165) is 19.3 Å². The first-order valence-electron chi connectivity index (χ1n) is 7.01. The van der Waals surface area contributed by atoms with Gasteiger partial charge in [-0.05, 0) is 19.3 Å². The third kappa shape index (κ3) is 5.07. The SMILES string of the molecule is O=C(NCC1CCCCO1)NC(Cc1cnc[nH]1)C(=O)O. The lowest BCUT2D eigenvalue weighted by atomic mass is 10.1. The first-order chi connectivity index (χ1) is 10.1. The molecule has 8 heteroatoms. The molecule has 1 aliphatic heterocycles. The van der Waals surface area contributed by atoms with E-state index in [1.807, 2.05) is 0 Å². The van der Waals surface area contributed by atoms with Crippen molar-refractivity contribution in [3.8, 4) is 0 Å². The fraction of sp³-hybridized carbons (Fsp3) is 0.615. The number of carbonyl (C=O) groups is 2. The largest absolute Gasteiger partial charge is 0.480 e. The number of aliphatic carboxylic acids is 1. The highest BCUT2D eigenvalue weighted by Crippen LogP contribution is 2.11. The number of carboxylic acids is 1. The Kier molecular flexibility index (Phi) is 5.56. The van der Waals surface area contributed by atoms with E-state index in [1.165, 1.54) is 12.5 Å². The number of amides is 2. The number of rotatable bonds is 6. The highest BCUT2D eigenvalue weighted by molar-refractivity contribution is 5.82. The van der Waals surface area contributed by atoms with Crippen LogP contribution in [0.3, 0.4) is 0 Å². The van der Waals surface area contributed by atoms with Crippen molar-refractivity contribution >= 4 is 12.0 Å². The molecule has 116 valence electrons. The van der Waals surface area contributed by atoms with E-state index in [-0.39, 0.29) is 12.5 Å². The number of hydrogen-bond donors (Lipinski definition) is 4. The summed E-state index contributed by atoms with van der Waals surface area (Å²) in [5.41, 5.74) is 0.651. The van der Waals surface area contributed by atoms with Gasteiger partial charge in [-0.2, -0.15) is 0 Å². The number of hydrogen-bond acceptors (Lipinski definition) is 4. The van der Waals surface area contributed by atoms with Crippen LogP contribution in [0.4, 0.5) is 4.79 Å². The molecule has 1 saturated heterocycles. The van der Waals surface area contributed by atoms with Crippen LogP contribution in [-0.4, -0.2) is 52.4 Å². The standard InChI is InChI=1S/C13H20N4O4/c18-12(19)11(5-9-6-14-8-16-9)17-13(20)15-7-10-3-1-2-4-21-10/h6,8,10-11H,1-5,7H2,(H,14,16)(H,18,19)(H2,15,17,20). The summed E-state index contributed by atoms with van der Waals surface area (Å²) in [5.74, 6) is -1.09. The molecule has 0 saturated carbocycles. The topological polar surface area (TPSA) is 116 Å². The van der Waals surface area contributed by atoms with Crippen molar-refractivity contribution in [1.82, 2.24) is 20.6 Å². The van der Waals surface area contributed by atoms with Gasteiger partial charge in [-0.25, -0.2) is 14.6 Å². The number of carbonyl (C=O) groups excluding carboxylic acids is 1. The van der Waals surface area contributed by atoms with E-state index in [2.05, 4.69) is 20.6 Å². The molecule has 0 radical (unpaired) electrons. The Balaban J connectivity index is 1.76. The van der Waals surface area contributed by atoms with Crippen LogP contribution in [0.2, 0.25) is 0 Å². The smallest absolute Gasteiger partial charge is 0.326 e. The van der Waals surface area contributed by atoms with Crippen LogP contribution < -0.4 is 10.6 Å². The van der Waals surface area contributed by atoms with Gasteiger partial charge in [0.25, 0.3) is 0 Å². The summed E-state index contributed by atoms with van der Waals surface area (Å²) in [6.07, 6.45) is 6.22. The summed E-state index contributed by atoms with van der Waals surface area (Å²) in [6.45, 7) is 1.10. The van der Waals surface area contributed by atoms with Gasteiger partial charge in [-0.15, -0.1) is 0 Å². The van der Waals surface area contributed by atoms with Gasteiger partial charge < -0.3 is 25.5 Å². The molecular formula is C13H20N4O4. The second-order valence-corrected chi connectivity index (χ2v) is 5.01. The molecule has 2 heterocycles. The van der Waals surface area contributed by atoms with Gasteiger partial charge in [-0.1, -0.05) is 0 Å². The molecule has 0 bridgehead atoms. The van der Waals surface area contributed by atoms with E-state index in [0.29, 0.717) is 18.8 Å². The summed E-state index contributed by atoms with van der Waals surface area (Å²) < 4.78 is 5.49. The third-order valence-corrected chi connectivity index (χ3v) is 3.35. The lowest BCUT2D eigenvalue weighted by molar-refractivity contribution is -0.139. The van der Waals surface area contributed by atoms with E-state index in [4.69, 9.17) is 9.84 Å². The van der Waals surface area contributed by atoms with Crippen LogP contribution in [0.25, 0.3) is 0 Å².